The summed E-state index contributed by atoms with van der Waals surface area (Å²) in [7, 11) is 0. The molecule has 0 aliphatic carbocycles. The summed E-state index contributed by atoms with van der Waals surface area (Å²) in [5.74, 6) is 0.368. The molecular formula is C13H13N3O3. The number of imidazole rings is 1. The first-order valence-corrected chi connectivity index (χ1v) is 5.92. The van der Waals surface area contributed by atoms with Gasteiger partial charge in [-0.15, -0.1) is 0 Å². The van der Waals surface area contributed by atoms with Crippen molar-refractivity contribution in [2.75, 3.05) is 0 Å². The van der Waals surface area contributed by atoms with Crippen molar-refractivity contribution in [1.29, 1.82) is 0 Å². The zero-order valence-electron chi connectivity index (χ0n) is 10.6. The number of fused-ring (bicyclic) bond motifs is 1. The second kappa shape index (κ2) is 4.31. The Morgan fingerprint density at radius 2 is 2.42 bits per heavy atom. The van der Waals surface area contributed by atoms with E-state index in [2.05, 4.69) is 9.97 Å². The quantitative estimate of drug-likeness (QED) is 0.734. The van der Waals surface area contributed by atoms with Crippen molar-refractivity contribution in [2.45, 2.75) is 20.1 Å². The molecule has 0 amide bonds. The monoisotopic (exact) mass is 259 g/mol. The molecular weight excluding hydrogens is 246 g/mol. The van der Waals surface area contributed by atoms with Crippen LogP contribution in [0.4, 0.5) is 0 Å². The van der Waals surface area contributed by atoms with Gasteiger partial charge in [0, 0.05) is 24.5 Å². The molecule has 0 saturated heterocycles. The van der Waals surface area contributed by atoms with Gasteiger partial charge in [-0.3, -0.25) is 4.57 Å². The molecule has 3 rings (SSSR count). The molecule has 19 heavy (non-hydrogen) atoms. The van der Waals surface area contributed by atoms with Crippen LogP contribution in [-0.4, -0.2) is 20.5 Å². The van der Waals surface area contributed by atoms with E-state index in [1.165, 1.54) is 0 Å². The number of aromatic nitrogens is 3. The van der Waals surface area contributed by atoms with Gasteiger partial charge in [-0.2, -0.15) is 0 Å². The third kappa shape index (κ3) is 2.01. The first-order valence-electron chi connectivity index (χ1n) is 5.92. The predicted molar refractivity (Wildman–Crippen MR) is 67.7 cm³/mol. The Kier molecular flexibility index (Phi) is 2.63. The maximum Gasteiger partial charge on any atom is 0.356 e. The molecule has 6 heteroatoms. The van der Waals surface area contributed by atoms with Gasteiger partial charge in [0.25, 0.3) is 0 Å². The number of rotatable bonds is 3. The lowest BCUT2D eigenvalue weighted by molar-refractivity contribution is 0.0146. The van der Waals surface area contributed by atoms with E-state index in [0.29, 0.717) is 11.3 Å². The number of aromatic amines is 1. The van der Waals surface area contributed by atoms with Crippen molar-refractivity contribution in [2.24, 2.45) is 0 Å². The molecule has 0 bridgehead atoms. The highest BCUT2D eigenvalue weighted by atomic mass is 16.6. The summed E-state index contributed by atoms with van der Waals surface area (Å²) in [6, 6.07) is 3.39. The Morgan fingerprint density at radius 1 is 1.58 bits per heavy atom. The normalized spacial score (nSPS) is 12.7. The van der Waals surface area contributed by atoms with E-state index >= 15 is 0 Å². The van der Waals surface area contributed by atoms with Crippen LogP contribution in [0.25, 0.3) is 11.1 Å². The van der Waals surface area contributed by atoms with Crippen molar-refractivity contribution in [3.05, 3.63) is 42.3 Å². The number of ether oxygens (including phenoxy) is 1. The first kappa shape index (κ1) is 11.6. The average molecular weight is 259 g/mol. The van der Waals surface area contributed by atoms with Gasteiger partial charge in [-0.1, -0.05) is 0 Å². The van der Waals surface area contributed by atoms with Crippen LogP contribution >= 0.6 is 0 Å². The average Bonchev–Trinajstić information content (AvgIpc) is 3.01. The molecule has 98 valence electrons. The van der Waals surface area contributed by atoms with Gasteiger partial charge in [0.15, 0.2) is 11.8 Å². The molecule has 0 fully saturated rings. The van der Waals surface area contributed by atoms with Crippen molar-refractivity contribution in [3.63, 3.8) is 0 Å². The summed E-state index contributed by atoms with van der Waals surface area (Å²) in [5.41, 5.74) is 1.79. The third-order valence-corrected chi connectivity index (χ3v) is 2.99. The number of carbonyl (C=O) groups excluding carboxylic acids is 1. The van der Waals surface area contributed by atoms with E-state index in [1.54, 1.807) is 42.3 Å². The van der Waals surface area contributed by atoms with E-state index in [-0.39, 0.29) is 0 Å². The number of H-pyrrole nitrogens is 1. The summed E-state index contributed by atoms with van der Waals surface area (Å²) < 4.78 is 12.3. The molecule has 1 unspecified atom stereocenters. The Morgan fingerprint density at radius 3 is 3.11 bits per heavy atom. The molecule has 0 radical (unpaired) electrons. The second-order valence-electron chi connectivity index (χ2n) is 4.27. The summed E-state index contributed by atoms with van der Waals surface area (Å²) in [6.07, 6.45) is 4.59. The van der Waals surface area contributed by atoms with E-state index in [1.807, 2.05) is 6.92 Å². The van der Waals surface area contributed by atoms with Gasteiger partial charge >= 0.3 is 5.97 Å². The molecule has 0 aliphatic rings. The molecule has 0 aliphatic heterocycles. The SMILES string of the molecule is Cc1nccn1C(C)OC(=O)c1cc2occc2[nH]1. The number of esters is 1. The van der Waals surface area contributed by atoms with Crippen LogP contribution in [-0.2, 0) is 4.74 Å². The molecule has 3 heterocycles. The Hall–Kier alpha value is -2.50. The second-order valence-corrected chi connectivity index (χ2v) is 4.27. The molecule has 0 aromatic carbocycles. The number of nitrogens with one attached hydrogen (secondary N) is 1. The van der Waals surface area contributed by atoms with E-state index in [4.69, 9.17) is 9.15 Å². The van der Waals surface area contributed by atoms with Crippen LogP contribution in [0.1, 0.15) is 29.5 Å². The zero-order valence-corrected chi connectivity index (χ0v) is 10.6. The molecule has 0 saturated carbocycles. The highest BCUT2D eigenvalue weighted by Crippen LogP contribution is 2.18. The van der Waals surface area contributed by atoms with Gasteiger partial charge in [0.05, 0.1) is 11.8 Å². The summed E-state index contributed by atoms with van der Waals surface area (Å²) >= 11 is 0. The summed E-state index contributed by atoms with van der Waals surface area (Å²) in [6.45, 7) is 3.64. The minimum Gasteiger partial charge on any atom is -0.463 e. The number of furan rings is 1. The van der Waals surface area contributed by atoms with Crippen molar-refractivity contribution < 1.29 is 13.9 Å². The van der Waals surface area contributed by atoms with Crippen LogP contribution in [0.15, 0.2) is 35.2 Å². The predicted octanol–water partition coefficient (Wildman–Crippen LogP) is 2.64. The summed E-state index contributed by atoms with van der Waals surface area (Å²) in [5, 5.41) is 0. The number of hydrogen-bond acceptors (Lipinski definition) is 4. The maximum atomic E-state index is 12.0. The van der Waals surface area contributed by atoms with Gasteiger partial charge in [0.2, 0.25) is 0 Å². The molecule has 3 aromatic heterocycles. The highest BCUT2D eigenvalue weighted by Gasteiger charge is 2.17. The lowest BCUT2D eigenvalue weighted by atomic mass is 10.4. The topological polar surface area (TPSA) is 73.1 Å². The van der Waals surface area contributed by atoms with Gasteiger partial charge in [-0.25, -0.2) is 9.78 Å². The lowest BCUT2D eigenvalue weighted by Crippen LogP contribution is -2.15. The minimum atomic E-state index is -0.424. The zero-order chi connectivity index (χ0) is 13.4. The van der Waals surface area contributed by atoms with Crippen LogP contribution in [0, 0.1) is 6.92 Å². The van der Waals surface area contributed by atoms with E-state index in [9.17, 15) is 4.79 Å². The number of aryl methyl sites for hydroxylation is 1. The Bertz CT molecular complexity index is 694. The fourth-order valence-corrected chi connectivity index (χ4v) is 2.01. The van der Waals surface area contributed by atoms with Crippen molar-refractivity contribution >= 4 is 17.1 Å². The Labute approximate surface area is 109 Å². The molecule has 0 spiro atoms. The van der Waals surface area contributed by atoms with Crippen molar-refractivity contribution in [1.82, 2.24) is 14.5 Å². The van der Waals surface area contributed by atoms with E-state index < -0.39 is 12.2 Å². The minimum absolute atomic E-state index is 0.374. The fourth-order valence-electron chi connectivity index (χ4n) is 2.01. The van der Waals surface area contributed by atoms with Gasteiger partial charge < -0.3 is 14.1 Å². The smallest absolute Gasteiger partial charge is 0.356 e. The van der Waals surface area contributed by atoms with E-state index in [0.717, 1.165) is 11.3 Å². The number of hydrogen-bond donors (Lipinski definition) is 1. The van der Waals surface area contributed by atoms with Gasteiger partial charge in [0.1, 0.15) is 11.5 Å². The Balaban J connectivity index is 1.78. The van der Waals surface area contributed by atoms with Crippen LogP contribution < -0.4 is 0 Å². The largest absolute Gasteiger partial charge is 0.463 e. The standard InChI is InChI=1S/C13H13N3O3/c1-8-14-4-5-16(8)9(2)19-13(17)11-7-12-10(15-11)3-6-18-12/h3-7,9,15H,1-2H3. The van der Waals surface area contributed by atoms with Crippen LogP contribution in [0.2, 0.25) is 0 Å². The molecule has 3 aromatic rings. The maximum absolute atomic E-state index is 12.0. The number of nitrogens with zero attached hydrogens (tertiary/aromatic N) is 2. The summed E-state index contributed by atoms with van der Waals surface area (Å²) in [4.78, 5) is 19.0. The molecule has 1 N–H and O–H groups in total. The highest BCUT2D eigenvalue weighted by molar-refractivity contribution is 5.93. The first-order chi connectivity index (χ1) is 9.15. The number of carbonyl (C=O) groups is 1. The van der Waals surface area contributed by atoms with Crippen molar-refractivity contribution in [3.8, 4) is 0 Å². The molecule has 6 nitrogen and oxygen atoms in total. The molecule has 1 atom stereocenters. The fraction of sp³-hybridized carbons (Fsp3) is 0.231. The van der Waals surface area contributed by atoms with Gasteiger partial charge in [-0.05, 0) is 13.8 Å². The third-order valence-electron chi connectivity index (χ3n) is 2.99. The van der Waals surface area contributed by atoms with Crippen LogP contribution in [0.5, 0.6) is 0 Å². The van der Waals surface area contributed by atoms with Crippen LogP contribution in [0.3, 0.4) is 0 Å². The lowest BCUT2D eigenvalue weighted by Gasteiger charge is -2.15.